The second-order valence-corrected chi connectivity index (χ2v) is 4.92. The van der Waals surface area contributed by atoms with E-state index in [4.69, 9.17) is 0 Å². The molecule has 0 spiro atoms. The van der Waals surface area contributed by atoms with Crippen LogP contribution in [0.15, 0.2) is 54.6 Å². The maximum atomic E-state index is 2.34. The molecule has 0 bridgehead atoms. The van der Waals surface area contributed by atoms with Gasteiger partial charge in [-0.05, 0) is 33.0 Å². The zero-order valence-electron chi connectivity index (χ0n) is 12.3. The lowest BCUT2D eigenvalue weighted by Gasteiger charge is -2.09. The first kappa shape index (κ1) is 13.6. The van der Waals surface area contributed by atoms with Gasteiger partial charge >= 0.3 is 0 Å². The smallest absolute Gasteiger partial charge is 0.0103 e. The molecular formula is C19H22. The molecule has 3 aromatic rings. The topological polar surface area (TPSA) is 0 Å². The van der Waals surface area contributed by atoms with E-state index in [1.54, 1.807) is 0 Å². The molecule has 0 heteroatoms. The highest BCUT2D eigenvalue weighted by Crippen LogP contribution is 2.28. The summed E-state index contributed by atoms with van der Waals surface area (Å²) in [6, 6.07) is 19.8. The summed E-state index contributed by atoms with van der Waals surface area (Å²) in [4.78, 5) is 0. The standard InChI is InChI=1S/C17H16.C2H6/c1-12(2)15-10-9-14-8-7-13-5-3-4-6-16(13)17(14)11-15;1-2/h3-12H,1-2H3;1-2H3. The third-order valence-electron chi connectivity index (χ3n) is 3.44. The van der Waals surface area contributed by atoms with Crippen molar-refractivity contribution < 1.29 is 0 Å². The average Bonchev–Trinajstić information content (AvgIpc) is 2.48. The summed E-state index contributed by atoms with van der Waals surface area (Å²) in [7, 11) is 0. The van der Waals surface area contributed by atoms with Crippen molar-refractivity contribution >= 4 is 21.5 Å². The Hall–Kier alpha value is -1.82. The van der Waals surface area contributed by atoms with Gasteiger partial charge in [0, 0.05) is 0 Å². The van der Waals surface area contributed by atoms with Gasteiger partial charge in [0.25, 0.3) is 0 Å². The molecule has 0 saturated carbocycles. The Kier molecular flexibility index (Phi) is 4.21. The van der Waals surface area contributed by atoms with E-state index in [0.717, 1.165) is 0 Å². The number of hydrogen-bond acceptors (Lipinski definition) is 0. The quantitative estimate of drug-likeness (QED) is 0.455. The van der Waals surface area contributed by atoms with Crippen LogP contribution in [0.4, 0.5) is 0 Å². The van der Waals surface area contributed by atoms with Crippen molar-refractivity contribution in [3.8, 4) is 0 Å². The second-order valence-electron chi connectivity index (χ2n) is 4.92. The molecule has 19 heavy (non-hydrogen) atoms. The molecule has 0 unspecified atom stereocenters. The summed E-state index contributed by atoms with van der Waals surface area (Å²) < 4.78 is 0. The van der Waals surface area contributed by atoms with Crippen LogP contribution < -0.4 is 0 Å². The van der Waals surface area contributed by atoms with Crippen LogP contribution in [-0.2, 0) is 0 Å². The minimum Gasteiger partial charge on any atom is -0.0683 e. The summed E-state index contributed by atoms with van der Waals surface area (Å²) in [5.74, 6) is 0.582. The van der Waals surface area contributed by atoms with Crippen molar-refractivity contribution in [1.29, 1.82) is 0 Å². The lowest BCUT2D eigenvalue weighted by molar-refractivity contribution is 0.869. The molecule has 0 saturated heterocycles. The van der Waals surface area contributed by atoms with Gasteiger partial charge in [0.05, 0.1) is 0 Å². The molecule has 0 atom stereocenters. The predicted octanol–water partition coefficient (Wildman–Crippen LogP) is 6.14. The maximum absolute atomic E-state index is 2.34. The number of benzene rings is 3. The van der Waals surface area contributed by atoms with E-state index in [1.807, 2.05) is 13.8 Å². The highest BCUT2D eigenvalue weighted by atomic mass is 14.1. The molecule has 0 aliphatic carbocycles. The molecule has 0 aliphatic heterocycles. The van der Waals surface area contributed by atoms with Gasteiger partial charge < -0.3 is 0 Å². The molecule has 3 rings (SSSR count). The highest BCUT2D eigenvalue weighted by molar-refractivity contribution is 6.07. The molecule has 0 aliphatic rings. The van der Waals surface area contributed by atoms with Gasteiger partial charge in [0.2, 0.25) is 0 Å². The van der Waals surface area contributed by atoms with Crippen molar-refractivity contribution in [1.82, 2.24) is 0 Å². The summed E-state index contributed by atoms with van der Waals surface area (Å²) in [6.07, 6.45) is 0. The molecule has 98 valence electrons. The van der Waals surface area contributed by atoms with E-state index in [2.05, 4.69) is 68.4 Å². The van der Waals surface area contributed by atoms with E-state index in [1.165, 1.54) is 27.1 Å². The third-order valence-corrected chi connectivity index (χ3v) is 3.44. The van der Waals surface area contributed by atoms with Crippen LogP contribution in [0, 0.1) is 0 Å². The number of rotatable bonds is 1. The summed E-state index contributed by atoms with van der Waals surface area (Å²) in [5.41, 5.74) is 1.41. The molecule has 0 heterocycles. The largest absolute Gasteiger partial charge is 0.0683 e. The highest BCUT2D eigenvalue weighted by Gasteiger charge is 2.03. The summed E-state index contributed by atoms with van der Waals surface area (Å²) in [6.45, 7) is 8.48. The first-order valence-corrected chi connectivity index (χ1v) is 7.17. The fraction of sp³-hybridized carbons (Fsp3) is 0.263. The van der Waals surface area contributed by atoms with Crippen molar-refractivity contribution in [3.05, 3.63) is 60.2 Å². The predicted molar refractivity (Wildman–Crippen MR) is 86.9 cm³/mol. The van der Waals surface area contributed by atoms with E-state index < -0.39 is 0 Å². The van der Waals surface area contributed by atoms with Gasteiger partial charge in [-0.25, -0.2) is 0 Å². The molecule has 0 radical (unpaired) electrons. The maximum Gasteiger partial charge on any atom is -0.0103 e. The third kappa shape index (κ3) is 2.63. The van der Waals surface area contributed by atoms with E-state index in [0.29, 0.717) is 5.92 Å². The Bertz CT molecular complexity index is 678. The molecule has 3 aromatic carbocycles. The lowest BCUT2D eigenvalue weighted by atomic mass is 9.96. The molecule has 0 amide bonds. The Labute approximate surface area is 116 Å². The fourth-order valence-electron chi connectivity index (χ4n) is 2.38. The molecule has 0 nitrogen and oxygen atoms in total. The van der Waals surface area contributed by atoms with E-state index in [-0.39, 0.29) is 0 Å². The SMILES string of the molecule is CC.CC(C)c1ccc2ccc3ccccc3c2c1. The first-order chi connectivity index (χ1) is 9.25. The minimum atomic E-state index is 0.582. The average molecular weight is 250 g/mol. The lowest BCUT2D eigenvalue weighted by Crippen LogP contribution is -1.87. The van der Waals surface area contributed by atoms with E-state index in [9.17, 15) is 0 Å². The van der Waals surface area contributed by atoms with Crippen molar-refractivity contribution in [2.75, 3.05) is 0 Å². The van der Waals surface area contributed by atoms with Crippen LogP contribution in [0.1, 0.15) is 39.2 Å². The fourth-order valence-corrected chi connectivity index (χ4v) is 2.38. The van der Waals surface area contributed by atoms with Gasteiger partial charge in [-0.15, -0.1) is 0 Å². The normalized spacial score (nSPS) is 10.6. The minimum absolute atomic E-state index is 0.582. The van der Waals surface area contributed by atoms with Crippen molar-refractivity contribution in [2.45, 2.75) is 33.6 Å². The van der Waals surface area contributed by atoms with E-state index >= 15 is 0 Å². The number of hydrogen-bond donors (Lipinski definition) is 0. The molecule has 0 N–H and O–H groups in total. The van der Waals surface area contributed by atoms with Crippen LogP contribution in [0.5, 0.6) is 0 Å². The van der Waals surface area contributed by atoms with Crippen LogP contribution in [0.25, 0.3) is 21.5 Å². The zero-order chi connectivity index (χ0) is 13.8. The van der Waals surface area contributed by atoms with Gasteiger partial charge in [-0.3, -0.25) is 0 Å². The van der Waals surface area contributed by atoms with Crippen LogP contribution in [0.2, 0.25) is 0 Å². The number of fused-ring (bicyclic) bond motifs is 3. The summed E-state index contributed by atoms with van der Waals surface area (Å²) >= 11 is 0. The second kappa shape index (κ2) is 5.88. The molecular weight excluding hydrogens is 228 g/mol. The molecule has 0 aromatic heterocycles. The Balaban J connectivity index is 0.000000637. The van der Waals surface area contributed by atoms with Crippen molar-refractivity contribution in [3.63, 3.8) is 0 Å². The van der Waals surface area contributed by atoms with Gasteiger partial charge in [-0.1, -0.05) is 82.3 Å². The zero-order valence-corrected chi connectivity index (χ0v) is 12.3. The van der Waals surface area contributed by atoms with Gasteiger partial charge in [-0.2, -0.15) is 0 Å². The first-order valence-electron chi connectivity index (χ1n) is 7.17. The van der Waals surface area contributed by atoms with Crippen LogP contribution in [-0.4, -0.2) is 0 Å². The monoisotopic (exact) mass is 250 g/mol. The Morgan fingerprint density at radius 1 is 0.684 bits per heavy atom. The summed E-state index contributed by atoms with van der Waals surface area (Å²) in [5, 5.41) is 5.37. The molecule has 0 fully saturated rings. The van der Waals surface area contributed by atoms with Crippen LogP contribution in [0.3, 0.4) is 0 Å². The van der Waals surface area contributed by atoms with Crippen molar-refractivity contribution in [2.24, 2.45) is 0 Å². The Morgan fingerprint density at radius 3 is 1.95 bits per heavy atom. The van der Waals surface area contributed by atoms with Gasteiger partial charge in [0.15, 0.2) is 0 Å². The van der Waals surface area contributed by atoms with Crippen LogP contribution >= 0.6 is 0 Å². The Morgan fingerprint density at radius 2 is 1.26 bits per heavy atom. The van der Waals surface area contributed by atoms with Gasteiger partial charge in [0.1, 0.15) is 0 Å².